The van der Waals surface area contributed by atoms with Crippen LogP contribution in [0.15, 0.2) is 33.6 Å². The molecule has 1 aromatic carbocycles. The van der Waals surface area contributed by atoms with Gasteiger partial charge in [-0.05, 0) is 50.6 Å². The van der Waals surface area contributed by atoms with Gasteiger partial charge in [0.2, 0.25) is 0 Å². The van der Waals surface area contributed by atoms with Gasteiger partial charge in [-0.3, -0.25) is 5.32 Å². The molecule has 1 N–H and O–H groups in total. The summed E-state index contributed by atoms with van der Waals surface area (Å²) < 4.78 is 1.09. The molecule has 0 amide bonds. The topological polar surface area (TPSA) is 35.8 Å². The molecule has 0 saturated carbocycles. The SMILES string of the molecule is CCCNC(C)(C#N)CC(C)Sc1ccc(Br)cc1. The van der Waals surface area contributed by atoms with Crippen molar-refractivity contribution in [3.05, 3.63) is 28.7 Å². The number of benzene rings is 1. The molecule has 0 aromatic heterocycles. The highest BCUT2D eigenvalue weighted by Crippen LogP contribution is 2.29. The lowest BCUT2D eigenvalue weighted by Crippen LogP contribution is -2.43. The van der Waals surface area contributed by atoms with Crippen molar-refractivity contribution in [2.45, 2.75) is 49.3 Å². The van der Waals surface area contributed by atoms with Gasteiger partial charge in [0, 0.05) is 14.6 Å². The first kappa shape index (κ1) is 16.6. The van der Waals surface area contributed by atoms with Crippen molar-refractivity contribution in [3.63, 3.8) is 0 Å². The summed E-state index contributed by atoms with van der Waals surface area (Å²) in [4.78, 5) is 1.24. The van der Waals surface area contributed by atoms with Crippen LogP contribution in [-0.4, -0.2) is 17.3 Å². The van der Waals surface area contributed by atoms with Crippen LogP contribution in [0, 0.1) is 11.3 Å². The van der Waals surface area contributed by atoms with Crippen molar-refractivity contribution in [3.8, 4) is 6.07 Å². The van der Waals surface area contributed by atoms with Crippen molar-refractivity contribution in [1.29, 1.82) is 5.26 Å². The lowest BCUT2D eigenvalue weighted by molar-refractivity contribution is 0.418. The smallest absolute Gasteiger partial charge is 0.104 e. The van der Waals surface area contributed by atoms with Crippen LogP contribution in [0.25, 0.3) is 0 Å². The Balaban J connectivity index is 2.56. The van der Waals surface area contributed by atoms with Crippen LogP contribution in [0.1, 0.15) is 33.6 Å². The van der Waals surface area contributed by atoms with Crippen molar-refractivity contribution in [2.75, 3.05) is 6.54 Å². The van der Waals surface area contributed by atoms with Gasteiger partial charge < -0.3 is 0 Å². The molecule has 19 heavy (non-hydrogen) atoms. The van der Waals surface area contributed by atoms with E-state index in [1.165, 1.54) is 4.90 Å². The van der Waals surface area contributed by atoms with E-state index in [4.69, 9.17) is 0 Å². The molecule has 2 atom stereocenters. The van der Waals surface area contributed by atoms with E-state index in [0.29, 0.717) is 5.25 Å². The minimum absolute atomic E-state index is 0.398. The molecule has 0 heterocycles. The average Bonchev–Trinajstić information content (AvgIpc) is 2.39. The maximum Gasteiger partial charge on any atom is 0.104 e. The summed E-state index contributed by atoms with van der Waals surface area (Å²) in [5.41, 5.74) is -0.433. The number of rotatable bonds is 7. The number of nitrogens with zero attached hydrogens (tertiary/aromatic N) is 1. The van der Waals surface area contributed by atoms with Gasteiger partial charge in [0.25, 0.3) is 0 Å². The molecule has 0 spiro atoms. The third-order valence-electron chi connectivity index (χ3n) is 2.86. The molecular formula is C15H21BrN2S. The largest absolute Gasteiger partial charge is 0.300 e. The van der Waals surface area contributed by atoms with E-state index >= 15 is 0 Å². The normalized spacial score (nSPS) is 15.5. The quantitative estimate of drug-likeness (QED) is 0.736. The number of nitrogens with one attached hydrogen (secondary N) is 1. The maximum atomic E-state index is 9.34. The van der Waals surface area contributed by atoms with Gasteiger partial charge in [-0.2, -0.15) is 5.26 Å². The summed E-state index contributed by atoms with van der Waals surface area (Å²) in [6.07, 6.45) is 1.88. The van der Waals surface area contributed by atoms with Gasteiger partial charge in [0.05, 0.1) is 6.07 Å². The molecule has 0 fully saturated rings. The van der Waals surface area contributed by atoms with E-state index < -0.39 is 5.54 Å². The lowest BCUT2D eigenvalue weighted by Gasteiger charge is -2.26. The fourth-order valence-corrected chi connectivity index (χ4v) is 3.36. The van der Waals surface area contributed by atoms with Gasteiger partial charge in [-0.25, -0.2) is 0 Å². The molecule has 0 bridgehead atoms. The number of halogens is 1. The summed E-state index contributed by atoms with van der Waals surface area (Å²) in [5, 5.41) is 13.1. The Labute approximate surface area is 129 Å². The first-order valence-electron chi connectivity index (χ1n) is 6.57. The Morgan fingerprint density at radius 3 is 2.58 bits per heavy atom. The Kier molecular flexibility index (Phi) is 6.92. The predicted molar refractivity (Wildman–Crippen MR) is 86.4 cm³/mol. The fraction of sp³-hybridized carbons (Fsp3) is 0.533. The molecule has 0 radical (unpaired) electrons. The van der Waals surface area contributed by atoms with E-state index in [1.807, 2.05) is 30.8 Å². The number of hydrogen-bond donors (Lipinski definition) is 1. The van der Waals surface area contributed by atoms with Crippen LogP contribution in [0.4, 0.5) is 0 Å². The van der Waals surface area contributed by atoms with E-state index in [-0.39, 0.29) is 0 Å². The summed E-state index contributed by atoms with van der Waals surface area (Å²) in [5.74, 6) is 0. The number of nitriles is 1. The van der Waals surface area contributed by atoms with Crippen molar-refractivity contribution >= 4 is 27.7 Å². The Morgan fingerprint density at radius 1 is 1.42 bits per heavy atom. The van der Waals surface area contributed by atoms with Gasteiger partial charge in [-0.15, -0.1) is 11.8 Å². The third kappa shape index (κ3) is 5.99. The Morgan fingerprint density at radius 2 is 2.05 bits per heavy atom. The first-order valence-corrected chi connectivity index (χ1v) is 8.25. The molecule has 2 unspecified atom stereocenters. The second kappa shape index (κ2) is 7.94. The van der Waals surface area contributed by atoms with E-state index in [1.54, 1.807) is 0 Å². The average molecular weight is 341 g/mol. The zero-order valence-electron chi connectivity index (χ0n) is 11.7. The lowest BCUT2D eigenvalue weighted by atomic mass is 9.98. The van der Waals surface area contributed by atoms with Crippen molar-refractivity contribution in [1.82, 2.24) is 5.32 Å². The molecular weight excluding hydrogens is 320 g/mol. The fourth-order valence-electron chi connectivity index (χ4n) is 1.92. The molecule has 0 aliphatic carbocycles. The van der Waals surface area contributed by atoms with Crippen LogP contribution in [0.5, 0.6) is 0 Å². The van der Waals surface area contributed by atoms with E-state index in [2.05, 4.69) is 53.3 Å². The van der Waals surface area contributed by atoms with Gasteiger partial charge in [0.15, 0.2) is 0 Å². The summed E-state index contributed by atoms with van der Waals surface area (Å²) in [6.45, 7) is 7.17. The maximum absolute atomic E-state index is 9.34. The number of hydrogen-bond acceptors (Lipinski definition) is 3. The van der Waals surface area contributed by atoms with Crippen LogP contribution in [-0.2, 0) is 0 Å². The summed E-state index contributed by atoms with van der Waals surface area (Å²) in [6, 6.07) is 10.7. The van der Waals surface area contributed by atoms with Crippen LogP contribution >= 0.6 is 27.7 Å². The highest BCUT2D eigenvalue weighted by molar-refractivity contribution is 9.10. The molecule has 0 aliphatic rings. The first-order chi connectivity index (χ1) is 8.99. The highest BCUT2D eigenvalue weighted by atomic mass is 79.9. The van der Waals surface area contributed by atoms with E-state index in [0.717, 1.165) is 23.9 Å². The van der Waals surface area contributed by atoms with Crippen LogP contribution in [0.3, 0.4) is 0 Å². The molecule has 1 rings (SSSR count). The third-order valence-corrected chi connectivity index (χ3v) is 4.50. The molecule has 2 nitrogen and oxygen atoms in total. The van der Waals surface area contributed by atoms with Gasteiger partial charge in [-0.1, -0.05) is 29.8 Å². The predicted octanol–water partition coefficient (Wildman–Crippen LogP) is 4.60. The van der Waals surface area contributed by atoms with Crippen molar-refractivity contribution in [2.24, 2.45) is 0 Å². The summed E-state index contributed by atoms with van der Waals surface area (Å²) in [7, 11) is 0. The summed E-state index contributed by atoms with van der Waals surface area (Å²) >= 11 is 5.25. The van der Waals surface area contributed by atoms with Crippen LogP contribution < -0.4 is 5.32 Å². The molecule has 4 heteroatoms. The standard InChI is InChI=1S/C15H21BrN2S/c1-4-9-18-15(3,11-17)10-12(2)19-14-7-5-13(16)6-8-14/h5-8,12,18H,4,9-10H2,1-3H3. The number of thioether (sulfide) groups is 1. The second-order valence-corrected chi connectivity index (χ2v) is 7.38. The van der Waals surface area contributed by atoms with Gasteiger partial charge in [0.1, 0.15) is 5.54 Å². The minimum atomic E-state index is -0.433. The second-order valence-electron chi connectivity index (χ2n) is 4.96. The molecule has 104 valence electrons. The Hall–Kier alpha value is -0.500. The monoisotopic (exact) mass is 340 g/mol. The molecule has 0 aliphatic heterocycles. The highest BCUT2D eigenvalue weighted by Gasteiger charge is 2.25. The zero-order chi connectivity index (χ0) is 14.3. The minimum Gasteiger partial charge on any atom is -0.300 e. The van der Waals surface area contributed by atoms with Crippen molar-refractivity contribution < 1.29 is 0 Å². The van der Waals surface area contributed by atoms with Gasteiger partial charge >= 0.3 is 0 Å². The zero-order valence-corrected chi connectivity index (χ0v) is 14.1. The molecule has 0 saturated heterocycles. The molecule has 1 aromatic rings. The van der Waals surface area contributed by atoms with E-state index in [9.17, 15) is 5.26 Å². The van der Waals surface area contributed by atoms with Crippen LogP contribution in [0.2, 0.25) is 0 Å². The Bertz CT molecular complexity index is 427.